The molecule has 0 aromatic heterocycles. The van der Waals surface area contributed by atoms with Crippen LogP contribution in [0.5, 0.6) is 0 Å². The Bertz CT molecular complexity index is 244. The Hall–Kier alpha value is -0.370. The lowest BCUT2D eigenvalue weighted by Gasteiger charge is -2.38. The topological polar surface area (TPSA) is 50.5 Å². The number of hydrogen-bond acceptors (Lipinski definition) is 4. The molecule has 18 heavy (non-hydrogen) atoms. The summed E-state index contributed by atoms with van der Waals surface area (Å²) in [5.74, 6) is 0. The number of ether oxygens (including phenoxy) is 1. The van der Waals surface area contributed by atoms with Gasteiger partial charge in [-0.3, -0.25) is 0 Å². The number of nitrogens with two attached hydrogens (primary N) is 1. The highest BCUT2D eigenvalue weighted by atomic mass is 19.4. The van der Waals surface area contributed by atoms with Gasteiger partial charge in [-0.1, -0.05) is 0 Å². The van der Waals surface area contributed by atoms with E-state index in [9.17, 15) is 13.2 Å². The zero-order chi connectivity index (χ0) is 13.6. The highest BCUT2D eigenvalue weighted by Gasteiger charge is 2.30. The molecule has 1 atom stereocenters. The van der Waals surface area contributed by atoms with Gasteiger partial charge in [0.1, 0.15) is 0 Å². The molecule has 3 N–H and O–H groups in total. The molecule has 1 aliphatic rings. The number of hydrogen-bond donors (Lipinski definition) is 2. The lowest BCUT2D eigenvalue weighted by Crippen LogP contribution is -2.59. The number of nitrogens with zero attached hydrogens (tertiary/aromatic N) is 1. The second-order valence-corrected chi connectivity index (χ2v) is 4.94. The van der Waals surface area contributed by atoms with Gasteiger partial charge in [0.25, 0.3) is 0 Å². The Kier molecular flexibility index (Phi) is 5.84. The summed E-state index contributed by atoms with van der Waals surface area (Å²) in [5.41, 5.74) is 8.42. The molecule has 0 bridgehead atoms. The van der Waals surface area contributed by atoms with E-state index in [0.29, 0.717) is 26.2 Å². The van der Waals surface area contributed by atoms with E-state index in [1.54, 1.807) is 0 Å². The number of hydrazine groups is 1. The molecule has 1 rings (SSSR count). The fourth-order valence-corrected chi connectivity index (χ4v) is 1.94. The third kappa shape index (κ3) is 5.99. The van der Waals surface area contributed by atoms with E-state index in [4.69, 9.17) is 10.5 Å². The highest BCUT2D eigenvalue weighted by Crippen LogP contribution is 2.24. The predicted molar refractivity (Wildman–Crippen MR) is 62.9 cm³/mol. The molecule has 0 saturated carbocycles. The SMILES string of the molecule is CC(CN)(CCCC(F)(F)F)NN1CCOCC1. The van der Waals surface area contributed by atoms with Crippen molar-refractivity contribution in [1.82, 2.24) is 10.4 Å². The van der Waals surface area contributed by atoms with Crippen molar-refractivity contribution in [2.45, 2.75) is 37.9 Å². The van der Waals surface area contributed by atoms with Gasteiger partial charge in [-0.25, -0.2) is 10.4 Å². The maximum atomic E-state index is 12.1. The van der Waals surface area contributed by atoms with Crippen LogP contribution in [0.4, 0.5) is 13.2 Å². The number of nitrogens with one attached hydrogen (secondary N) is 1. The summed E-state index contributed by atoms with van der Waals surface area (Å²) < 4.78 is 41.6. The molecule has 108 valence electrons. The second kappa shape index (κ2) is 6.70. The molecule has 0 aromatic carbocycles. The standard InChI is InChI=1S/C11H22F3N3O/c1-10(9-15,3-2-4-11(12,13)14)16-17-5-7-18-8-6-17/h16H,2-9,15H2,1H3. The van der Waals surface area contributed by atoms with Crippen LogP contribution in [0, 0.1) is 0 Å². The Morgan fingerprint density at radius 3 is 2.33 bits per heavy atom. The van der Waals surface area contributed by atoms with Gasteiger partial charge >= 0.3 is 6.18 Å². The summed E-state index contributed by atoms with van der Waals surface area (Å²) in [7, 11) is 0. The van der Waals surface area contributed by atoms with Crippen LogP contribution >= 0.6 is 0 Å². The van der Waals surface area contributed by atoms with Crippen LogP contribution in [0.3, 0.4) is 0 Å². The largest absolute Gasteiger partial charge is 0.389 e. The number of morpholine rings is 1. The van der Waals surface area contributed by atoms with Crippen LogP contribution < -0.4 is 11.2 Å². The average molecular weight is 269 g/mol. The Morgan fingerprint density at radius 2 is 1.83 bits per heavy atom. The molecule has 0 spiro atoms. The summed E-state index contributed by atoms with van der Waals surface area (Å²) in [5, 5.41) is 1.98. The van der Waals surface area contributed by atoms with Crippen molar-refractivity contribution in [3.05, 3.63) is 0 Å². The van der Waals surface area contributed by atoms with Crippen LogP contribution in [0.25, 0.3) is 0 Å². The molecule has 0 radical (unpaired) electrons. The van der Waals surface area contributed by atoms with Gasteiger partial charge in [0.15, 0.2) is 0 Å². The molecule has 0 amide bonds. The van der Waals surface area contributed by atoms with Gasteiger partial charge < -0.3 is 10.5 Å². The summed E-state index contributed by atoms with van der Waals surface area (Å²) in [6.45, 7) is 4.90. The first-order valence-corrected chi connectivity index (χ1v) is 6.22. The fourth-order valence-electron chi connectivity index (χ4n) is 1.94. The maximum absolute atomic E-state index is 12.1. The molecule has 1 unspecified atom stereocenters. The first-order valence-electron chi connectivity index (χ1n) is 6.22. The van der Waals surface area contributed by atoms with Gasteiger partial charge in [0.05, 0.1) is 13.2 Å². The van der Waals surface area contributed by atoms with E-state index >= 15 is 0 Å². The lowest BCUT2D eigenvalue weighted by molar-refractivity contribution is -0.136. The second-order valence-electron chi connectivity index (χ2n) is 4.94. The predicted octanol–water partition coefficient (Wildman–Crippen LogP) is 1.27. The molecule has 0 aromatic rings. The third-order valence-electron chi connectivity index (χ3n) is 3.08. The number of halogens is 3. The van der Waals surface area contributed by atoms with E-state index in [1.165, 1.54) is 0 Å². The van der Waals surface area contributed by atoms with Gasteiger partial charge in [-0.05, 0) is 19.8 Å². The fraction of sp³-hybridized carbons (Fsp3) is 1.00. The van der Waals surface area contributed by atoms with Crippen LogP contribution in [0.1, 0.15) is 26.2 Å². The summed E-state index contributed by atoms with van der Waals surface area (Å²) in [6, 6.07) is 0. The monoisotopic (exact) mass is 269 g/mol. The minimum atomic E-state index is -4.09. The molecule has 7 heteroatoms. The van der Waals surface area contributed by atoms with Gasteiger partial charge in [-0.2, -0.15) is 13.2 Å². The minimum Gasteiger partial charge on any atom is -0.379 e. The molecular weight excluding hydrogens is 247 g/mol. The van der Waals surface area contributed by atoms with Crippen molar-refractivity contribution < 1.29 is 17.9 Å². The quantitative estimate of drug-likeness (QED) is 0.762. The van der Waals surface area contributed by atoms with Crippen molar-refractivity contribution in [1.29, 1.82) is 0 Å². The summed E-state index contributed by atoms with van der Waals surface area (Å²) >= 11 is 0. The van der Waals surface area contributed by atoms with E-state index in [-0.39, 0.29) is 6.42 Å². The van der Waals surface area contributed by atoms with Crippen molar-refractivity contribution in [2.24, 2.45) is 5.73 Å². The van der Waals surface area contributed by atoms with Crippen molar-refractivity contribution in [3.63, 3.8) is 0 Å². The summed E-state index contributed by atoms with van der Waals surface area (Å²) in [4.78, 5) is 0. The molecular formula is C11H22F3N3O. The Labute approximate surface area is 106 Å². The van der Waals surface area contributed by atoms with E-state index in [0.717, 1.165) is 13.1 Å². The highest BCUT2D eigenvalue weighted by molar-refractivity contribution is 4.84. The Balaban J connectivity index is 2.35. The van der Waals surface area contributed by atoms with Crippen LogP contribution in [-0.4, -0.2) is 49.6 Å². The number of alkyl halides is 3. The molecule has 0 aliphatic carbocycles. The maximum Gasteiger partial charge on any atom is 0.389 e. The summed E-state index contributed by atoms with van der Waals surface area (Å²) in [6.07, 6.45) is -4.35. The van der Waals surface area contributed by atoms with Gasteiger partial charge in [0, 0.05) is 31.6 Å². The van der Waals surface area contributed by atoms with Crippen molar-refractivity contribution in [3.8, 4) is 0 Å². The number of rotatable bonds is 6. The van der Waals surface area contributed by atoms with E-state index in [1.807, 2.05) is 11.9 Å². The molecule has 4 nitrogen and oxygen atoms in total. The lowest BCUT2D eigenvalue weighted by atomic mass is 9.95. The Morgan fingerprint density at radius 1 is 1.22 bits per heavy atom. The molecule has 1 aliphatic heterocycles. The first-order chi connectivity index (χ1) is 8.35. The van der Waals surface area contributed by atoms with Crippen LogP contribution in [-0.2, 0) is 4.74 Å². The minimum absolute atomic E-state index is 0.0918. The molecule has 1 heterocycles. The molecule has 1 fully saturated rings. The molecule has 1 saturated heterocycles. The smallest absolute Gasteiger partial charge is 0.379 e. The normalized spacial score (nSPS) is 21.8. The van der Waals surface area contributed by atoms with Crippen molar-refractivity contribution in [2.75, 3.05) is 32.8 Å². The van der Waals surface area contributed by atoms with E-state index in [2.05, 4.69) is 5.43 Å². The van der Waals surface area contributed by atoms with Gasteiger partial charge in [0.2, 0.25) is 0 Å². The third-order valence-corrected chi connectivity index (χ3v) is 3.08. The van der Waals surface area contributed by atoms with Crippen LogP contribution in [0.15, 0.2) is 0 Å². The zero-order valence-electron chi connectivity index (χ0n) is 10.7. The van der Waals surface area contributed by atoms with E-state index < -0.39 is 18.1 Å². The van der Waals surface area contributed by atoms with Crippen LogP contribution in [0.2, 0.25) is 0 Å². The first kappa shape index (κ1) is 15.7. The van der Waals surface area contributed by atoms with Crippen molar-refractivity contribution >= 4 is 0 Å². The zero-order valence-corrected chi connectivity index (χ0v) is 10.7. The average Bonchev–Trinajstić information content (AvgIpc) is 2.28. The van der Waals surface area contributed by atoms with Gasteiger partial charge in [-0.15, -0.1) is 0 Å².